The molecule has 0 aromatic heterocycles. The molecule has 28 heavy (non-hydrogen) atoms. The van der Waals surface area contributed by atoms with E-state index in [1.54, 1.807) is 11.1 Å². The van der Waals surface area contributed by atoms with Gasteiger partial charge in [-0.15, -0.1) is 0 Å². The number of allylic oxidation sites excluding steroid dienone is 4. The largest absolute Gasteiger partial charge is 0.353 e. The molecule has 1 heterocycles. The van der Waals surface area contributed by atoms with Crippen LogP contribution >= 0.6 is 0 Å². The van der Waals surface area contributed by atoms with Gasteiger partial charge in [-0.2, -0.15) is 12.8 Å². The van der Waals surface area contributed by atoms with Crippen LogP contribution < -0.4 is 0 Å². The summed E-state index contributed by atoms with van der Waals surface area (Å²) >= 11 is 0. The molecule has 1 saturated heterocycles. The molecule has 0 N–H and O–H groups in total. The zero-order chi connectivity index (χ0) is 18.5. The summed E-state index contributed by atoms with van der Waals surface area (Å²) in [4.78, 5) is 0. The molecule has 3 heteroatoms. The maximum atomic E-state index is 5.64. The zero-order valence-electron chi connectivity index (χ0n) is 17.6. The molecule has 2 unspecified atom stereocenters. The van der Waals surface area contributed by atoms with Crippen molar-refractivity contribution in [2.24, 2.45) is 23.7 Å². The third-order valence-electron chi connectivity index (χ3n) is 7.65. The molecule has 0 aromatic carbocycles. The summed E-state index contributed by atoms with van der Waals surface area (Å²) < 4.78 is 11.3. The summed E-state index contributed by atoms with van der Waals surface area (Å²) in [6, 6.07) is 0. The van der Waals surface area contributed by atoms with Crippen LogP contribution in [0, 0.1) is 30.1 Å². The Bertz CT molecular complexity index is 527. The Balaban J connectivity index is 0.00000225. The Morgan fingerprint density at radius 1 is 0.821 bits per heavy atom. The standard InChI is InChI=1S/C25H39O2.Es/c1-19-26-17-21(18-27-19)8-7-20-9-11-23(12-10-20)25-15-13-24(14-16-25)22-5-3-2-4-6-22;/h2,11,15,19-22,24H,3-10,12-14,16-18H2,1H3;/q-1;. The molecular formula is C25H39EsO2-. The van der Waals surface area contributed by atoms with Crippen molar-refractivity contribution in [1.82, 2.24) is 0 Å². The molecule has 1 aliphatic heterocycles. The van der Waals surface area contributed by atoms with Crippen LogP contribution in [0.3, 0.4) is 0 Å². The summed E-state index contributed by atoms with van der Waals surface area (Å²) in [6.07, 6.45) is 24.1. The van der Waals surface area contributed by atoms with Gasteiger partial charge < -0.3 is 15.9 Å². The SMILES string of the molecule is CC1OCC(CCC2CC=C(C3=CCC(C4CC[CH-]CC4)CC3)CC2)CO1.[Es]. The molecule has 0 amide bonds. The van der Waals surface area contributed by atoms with E-state index in [1.165, 1.54) is 77.0 Å². The molecule has 2 nitrogen and oxygen atoms in total. The van der Waals surface area contributed by atoms with Gasteiger partial charge >= 0.3 is 0 Å². The van der Waals surface area contributed by atoms with Gasteiger partial charge in [0.25, 0.3) is 0 Å². The first-order valence-electron chi connectivity index (χ1n) is 11.7. The summed E-state index contributed by atoms with van der Waals surface area (Å²) in [7, 11) is 0. The van der Waals surface area contributed by atoms with Crippen LogP contribution in [0.5, 0.6) is 0 Å². The monoisotopic (exact) mass is 623 g/mol. The molecule has 4 aliphatic rings. The fourth-order valence-electron chi connectivity index (χ4n) is 5.72. The summed E-state index contributed by atoms with van der Waals surface area (Å²) in [5, 5.41) is 0. The second kappa shape index (κ2) is 10.3. The van der Waals surface area contributed by atoms with E-state index >= 15 is 0 Å². The van der Waals surface area contributed by atoms with Gasteiger partial charge in [0.05, 0.1) is 13.2 Å². The molecule has 1 saturated carbocycles. The van der Waals surface area contributed by atoms with E-state index in [0.717, 1.165) is 31.0 Å². The molecule has 0 spiro atoms. The minimum absolute atomic E-state index is 0. The van der Waals surface area contributed by atoms with Crippen molar-refractivity contribution in [3.05, 3.63) is 29.7 Å². The third-order valence-corrected chi connectivity index (χ3v) is 7.65. The first-order valence-corrected chi connectivity index (χ1v) is 11.7. The van der Waals surface area contributed by atoms with Gasteiger partial charge in [-0.3, -0.25) is 0 Å². The zero-order valence-corrected chi connectivity index (χ0v) is 20.1. The van der Waals surface area contributed by atoms with E-state index in [-0.39, 0.29) is 6.29 Å². The molecule has 2 fully saturated rings. The maximum absolute atomic E-state index is 5.64. The third kappa shape index (κ3) is 5.47. The molecule has 3 aliphatic carbocycles. The average molecular weight is 624 g/mol. The first-order chi connectivity index (χ1) is 13.3. The van der Waals surface area contributed by atoms with Crippen molar-refractivity contribution in [2.75, 3.05) is 13.2 Å². The van der Waals surface area contributed by atoms with Gasteiger partial charge in [-0.25, -0.2) is 0 Å². The van der Waals surface area contributed by atoms with Crippen LogP contribution in [0.15, 0.2) is 23.3 Å². The minimum Gasteiger partial charge on any atom is -0.353 e. The van der Waals surface area contributed by atoms with Crippen molar-refractivity contribution >= 4 is 0 Å². The average Bonchev–Trinajstić information content (AvgIpc) is 2.75. The van der Waals surface area contributed by atoms with Crippen LogP contribution in [-0.4, -0.2) is 19.5 Å². The van der Waals surface area contributed by atoms with Crippen LogP contribution in [0.4, 0.5) is 0 Å². The van der Waals surface area contributed by atoms with Crippen molar-refractivity contribution in [1.29, 1.82) is 0 Å². The smallest absolute Gasteiger partial charge is 0.154 e. The van der Waals surface area contributed by atoms with Crippen LogP contribution in [0.25, 0.3) is 0 Å². The Kier molecular flexibility index (Phi) is 7.73. The van der Waals surface area contributed by atoms with Crippen LogP contribution in [-0.2, 0) is 9.47 Å². The normalized spacial score (nSPS) is 34.9. The molecule has 163 valence electrons. The predicted molar refractivity (Wildman–Crippen MR) is 111 cm³/mol. The van der Waals surface area contributed by atoms with E-state index in [9.17, 15) is 0 Å². The number of hydrogen-bond donors (Lipinski definition) is 0. The molecule has 1 radical (unpaired) electrons. The van der Waals surface area contributed by atoms with Gasteiger partial charge in [0.1, 0.15) is 0 Å². The Morgan fingerprint density at radius 3 is 2.07 bits per heavy atom. The summed E-state index contributed by atoms with van der Waals surface area (Å²) in [5.74, 6) is 3.47. The van der Waals surface area contributed by atoms with Crippen molar-refractivity contribution in [3.8, 4) is 0 Å². The summed E-state index contributed by atoms with van der Waals surface area (Å²) in [5.41, 5.74) is 3.40. The van der Waals surface area contributed by atoms with E-state index in [1.807, 2.05) is 6.92 Å². The second-order valence-corrected chi connectivity index (χ2v) is 9.51. The van der Waals surface area contributed by atoms with Gasteiger partial charge in [0, 0.05) is 5.92 Å². The van der Waals surface area contributed by atoms with Crippen LogP contribution in [0.1, 0.15) is 84.0 Å². The Hall–Kier alpha value is -1.60. The Labute approximate surface area is 166 Å². The van der Waals surface area contributed by atoms with Crippen molar-refractivity contribution in [3.63, 3.8) is 0 Å². The molecule has 2 atom stereocenters. The van der Waals surface area contributed by atoms with E-state index < -0.39 is 0 Å². The maximum Gasteiger partial charge on any atom is 0.154 e. The van der Waals surface area contributed by atoms with Gasteiger partial charge in [-0.1, -0.05) is 25.0 Å². The van der Waals surface area contributed by atoms with Gasteiger partial charge in [0.15, 0.2) is 6.29 Å². The molecule has 4 rings (SSSR count). The van der Waals surface area contributed by atoms with Gasteiger partial charge in [-0.05, 0) is 87.2 Å². The van der Waals surface area contributed by atoms with E-state index in [2.05, 4.69) is 18.6 Å². The van der Waals surface area contributed by atoms with Crippen LogP contribution in [0.2, 0.25) is 0 Å². The van der Waals surface area contributed by atoms with Crippen molar-refractivity contribution in [2.45, 2.75) is 90.3 Å². The minimum atomic E-state index is 0. The number of hydrogen-bond acceptors (Lipinski definition) is 2. The van der Waals surface area contributed by atoms with Crippen molar-refractivity contribution < 1.29 is 9.47 Å². The first kappa shape index (κ1) is 21.1. The Morgan fingerprint density at radius 2 is 1.46 bits per heavy atom. The molecular weight excluding hydrogens is 584 g/mol. The predicted octanol–water partition coefficient (Wildman–Crippen LogP) is 6.62. The molecule has 0 bridgehead atoms. The molecule has 0 aromatic rings. The fraction of sp³-hybridized carbons (Fsp3) is 0.800. The summed E-state index contributed by atoms with van der Waals surface area (Å²) in [6.45, 7) is 3.78. The fourth-order valence-corrected chi connectivity index (χ4v) is 5.72. The van der Waals surface area contributed by atoms with E-state index in [0.29, 0.717) is 5.92 Å². The second-order valence-electron chi connectivity index (χ2n) is 9.51. The number of rotatable bonds is 5. The quantitative estimate of drug-likeness (QED) is 0.321. The topological polar surface area (TPSA) is 18.5 Å². The van der Waals surface area contributed by atoms with Gasteiger partial charge in [0.2, 0.25) is 0 Å². The van der Waals surface area contributed by atoms with E-state index in [4.69, 9.17) is 9.47 Å². The number of ether oxygens (including phenoxy) is 2.